The molecular formula is C14H18BrNO2. The lowest BCUT2D eigenvalue weighted by Gasteiger charge is -2.22. The summed E-state index contributed by atoms with van der Waals surface area (Å²) in [6.45, 7) is 7.22. The molecule has 1 rings (SSSR count). The van der Waals surface area contributed by atoms with Gasteiger partial charge in [0.15, 0.2) is 0 Å². The molecule has 0 fully saturated rings. The Morgan fingerprint density at radius 1 is 1.56 bits per heavy atom. The van der Waals surface area contributed by atoms with Crippen LogP contribution in [0.3, 0.4) is 0 Å². The van der Waals surface area contributed by atoms with Crippen LogP contribution in [0.15, 0.2) is 35.3 Å². The van der Waals surface area contributed by atoms with Crippen molar-refractivity contribution in [3.8, 4) is 0 Å². The second kappa shape index (κ2) is 7.34. The van der Waals surface area contributed by atoms with Crippen molar-refractivity contribution in [2.24, 2.45) is 0 Å². The van der Waals surface area contributed by atoms with Crippen molar-refractivity contribution < 1.29 is 9.53 Å². The van der Waals surface area contributed by atoms with Crippen molar-refractivity contribution in [1.29, 1.82) is 0 Å². The number of methoxy groups -OCH3 is 1. The normalized spacial score (nSPS) is 10.2. The first-order valence-corrected chi connectivity index (χ1v) is 6.55. The largest absolute Gasteiger partial charge is 0.383 e. The van der Waals surface area contributed by atoms with E-state index in [0.717, 1.165) is 10.0 Å². The maximum atomic E-state index is 12.4. The predicted molar refractivity (Wildman–Crippen MR) is 76.9 cm³/mol. The van der Waals surface area contributed by atoms with Crippen LogP contribution in [0, 0.1) is 6.92 Å². The molecule has 0 N–H and O–H groups in total. The molecule has 1 aromatic carbocycles. The Morgan fingerprint density at radius 3 is 2.89 bits per heavy atom. The van der Waals surface area contributed by atoms with E-state index in [9.17, 15) is 4.79 Å². The Balaban J connectivity index is 2.94. The molecule has 0 unspecified atom stereocenters. The fourth-order valence-electron chi connectivity index (χ4n) is 1.64. The standard InChI is InChI=1S/C14H18BrNO2/c1-4-8-16(9-10-18-3)14(17)12-6-5-7-13(15)11(12)2/h4-7H,1,8-10H2,2-3H3. The molecule has 98 valence electrons. The number of benzene rings is 1. The quantitative estimate of drug-likeness (QED) is 0.756. The number of carbonyl (C=O) groups is 1. The van der Waals surface area contributed by atoms with E-state index in [2.05, 4.69) is 22.5 Å². The predicted octanol–water partition coefficient (Wildman–Crippen LogP) is 3.03. The fourth-order valence-corrected chi connectivity index (χ4v) is 2.01. The minimum absolute atomic E-state index is 0.00532. The zero-order valence-electron chi connectivity index (χ0n) is 10.8. The third-order valence-electron chi connectivity index (χ3n) is 2.70. The first-order chi connectivity index (χ1) is 8.61. The molecular weight excluding hydrogens is 294 g/mol. The number of rotatable bonds is 6. The van der Waals surface area contributed by atoms with E-state index in [1.807, 2.05) is 25.1 Å². The fraction of sp³-hybridized carbons (Fsp3) is 0.357. The molecule has 0 heterocycles. The smallest absolute Gasteiger partial charge is 0.254 e. The highest BCUT2D eigenvalue weighted by Gasteiger charge is 2.17. The van der Waals surface area contributed by atoms with E-state index in [0.29, 0.717) is 25.3 Å². The average molecular weight is 312 g/mol. The lowest BCUT2D eigenvalue weighted by molar-refractivity contribution is 0.0717. The molecule has 4 heteroatoms. The lowest BCUT2D eigenvalue weighted by Crippen LogP contribution is -2.34. The van der Waals surface area contributed by atoms with Crippen molar-refractivity contribution in [3.05, 3.63) is 46.5 Å². The summed E-state index contributed by atoms with van der Waals surface area (Å²) >= 11 is 3.44. The van der Waals surface area contributed by atoms with Gasteiger partial charge in [-0.1, -0.05) is 28.1 Å². The van der Waals surface area contributed by atoms with Crippen LogP contribution >= 0.6 is 15.9 Å². The van der Waals surface area contributed by atoms with Crippen LogP contribution in [-0.2, 0) is 4.74 Å². The van der Waals surface area contributed by atoms with Gasteiger partial charge in [0.25, 0.3) is 5.91 Å². The topological polar surface area (TPSA) is 29.5 Å². The van der Waals surface area contributed by atoms with Crippen molar-refractivity contribution >= 4 is 21.8 Å². The maximum absolute atomic E-state index is 12.4. The Morgan fingerprint density at radius 2 is 2.28 bits per heavy atom. The van der Waals surface area contributed by atoms with Crippen LogP contribution in [0.5, 0.6) is 0 Å². The molecule has 3 nitrogen and oxygen atoms in total. The van der Waals surface area contributed by atoms with Crippen LogP contribution in [0.25, 0.3) is 0 Å². The third-order valence-corrected chi connectivity index (χ3v) is 3.56. The van der Waals surface area contributed by atoms with Crippen molar-refractivity contribution in [2.75, 3.05) is 26.8 Å². The highest BCUT2D eigenvalue weighted by Crippen LogP contribution is 2.20. The van der Waals surface area contributed by atoms with Crippen molar-refractivity contribution in [1.82, 2.24) is 4.90 Å². The first-order valence-electron chi connectivity index (χ1n) is 5.76. The van der Waals surface area contributed by atoms with Crippen LogP contribution in [0.2, 0.25) is 0 Å². The van der Waals surface area contributed by atoms with Gasteiger partial charge in [-0.15, -0.1) is 6.58 Å². The van der Waals surface area contributed by atoms with Gasteiger partial charge in [-0.3, -0.25) is 4.79 Å². The van der Waals surface area contributed by atoms with Crippen LogP contribution in [-0.4, -0.2) is 37.6 Å². The van der Waals surface area contributed by atoms with Gasteiger partial charge in [0, 0.05) is 30.2 Å². The summed E-state index contributed by atoms with van der Waals surface area (Å²) in [5.74, 6) is 0.00532. The number of amides is 1. The molecule has 1 amide bonds. The van der Waals surface area contributed by atoms with Crippen LogP contribution in [0.1, 0.15) is 15.9 Å². The summed E-state index contributed by atoms with van der Waals surface area (Å²) in [4.78, 5) is 14.1. The van der Waals surface area contributed by atoms with Crippen molar-refractivity contribution in [2.45, 2.75) is 6.92 Å². The molecule has 0 saturated heterocycles. The van der Waals surface area contributed by atoms with E-state index in [1.165, 1.54) is 0 Å². The Kier molecular flexibility index (Phi) is 6.09. The van der Waals surface area contributed by atoms with E-state index in [1.54, 1.807) is 18.1 Å². The molecule has 0 radical (unpaired) electrons. The van der Waals surface area contributed by atoms with E-state index in [4.69, 9.17) is 4.74 Å². The van der Waals surface area contributed by atoms with Gasteiger partial charge < -0.3 is 9.64 Å². The van der Waals surface area contributed by atoms with E-state index >= 15 is 0 Å². The molecule has 0 spiro atoms. The average Bonchev–Trinajstić information content (AvgIpc) is 2.37. The minimum Gasteiger partial charge on any atom is -0.383 e. The summed E-state index contributed by atoms with van der Waals surface area (Å²) in [5, 5.41) is 0. The van der Waals surface area contributed by atoms with Crippen LogP contribution < -0.4 is 0 Å². The molecule has 1 aromatic rings. The van der Waals surface area contributed by atoms with E-state index in [-0.39, 0.29) is 5.91 Å². The van der Waals surface area contributed by atoms with Gasteiger partial charge in [0.1, 0.15) is 0 Å². The Bertz CT molecular complexity index is 432. The molecule has 0 aliphatic rings. The summed E-state index contributed by atoms with van der Waals surface area (Å²) in [5.41, 5.74) is 1.66. The summed E-state index contributed by atoms with van der Waals surface area (Å²) in [6, 6.07) is 5.64. The third kappa shape index (κ3) is 3.68. The van der Waals surface area contributed by atoms with Gasteiger partial charge in [-0.05, 0) is 24.6 Å². The number of ether oxygens (including phenoxy) is 1. The molecule has 0 aliphatic carbocycles. The van der Waals surface area contributed by atoms with Gasteiger partial charge in [-0.2, -0.15) is 0 Å². The number of hydrogen-bond donors (Lipinski definition) is 0. The maximum Gasteiger partial charge on any atom is 0.254 e. The second-order valence-electron chi connectivity index (χ2n) is 3.95. The molecule has 0 saturated carbocycles. The number of hydrogen-bond acceptors (Lipinski definition) is 2. The van der Waals surface area contributed by atoms with Gasteiger partial charge in [0.05, 0.1) is 6.61 Å². The highest BCUT2D eigenvalue weighted by molar-refractivity contribution is 9.10. The zero-order valence-corrected chi connectivity index (χ0v) is 12.4. The van der Waals surface area contributed by atoms with Crippen LogP contribution in [0.4, 0.5) is 0 Å². The van der Waals surface area contributed by atoms with Crippen molar-refractivity contribution in [3.63, 3.8) is 0 Å². The molecule has 0 bridgehead atoms. The molecule has 18 heavy (non-hydrogen) atoms. The first kappa shape index (κ1) is 14.9. The Hall–Kier alpha value is -1.13. The summed E-state index contributed by atoms with van der Waals surface area (Å²) in [6.07, 6.45) is 1.72. The number of carbonyl (C=O) groups excluding carboxylic acids is 1. The minimum atomic E-state index is 0.00532. The molecule has 0 aliphatic heterocycles. The van der Waals surface area contributed by atoms with Gasteiger partial charge in [-0.25, -0.2) is 0 Å². The monoisotopic (exact) mass is 311 g/mol. The summed E-state index contributed by atoms with van der Waals surface area (Å²) in [7, 11) is 1.63. The molecule has 0 aromatic heterocycles. The van der Waals surface area contributed by atoms with E-state index < -0.39 is 0 Å². The molecule has 0 atom stereocenters. The number of nitrogens with zero attached hydrogens (tertiary/aromatic N) is 1. The SMILES string of the molecule is C=CCN(CCOC)C(=O)c1cccc(Br)c1C. The second-order valence-corrected chi connectivity index (χ2v) is 4.80. The Labute approximate surface area is 117 Å². The lowest BCUT2D eigenvalue weighted by atomic mass is 10.1. The highest BCUT2D eigenvalue weighted by atomic mass is 79.9. The number of halogens is 1. The summed E-state index contributed by atoms with van der Waals surface area (Å²) < 4.78 is 5.96. The van der Waals surface area contributed by atoms with Gasteiger partial charge >= 0.3 is 0 Å². The van der Waals surface area contributed by atoms with Gasteiger partial charge in [0.2, 0.25) is 0 Å². The zero-order chi connectivity index (χ0) is 13.5.